The number of ether oxygens (including phenoxy) is 1. The molecule has 0 aliphatic carbocycles. The molecule has 0 spiro atoms. The van der Waals surface area contributed by atoms with Crippen LogP contribution in [0.2, 0.25) is 0 Å². The Kier molecular flexibility index (Phi) is 9.98. The largest absolute Gasteiger partial charge is 0.493 e. The third-order valence-electron chi connectivity index (χ3n) is 3.94. The Morgan fingerprint density at radius 3 is 2.36 bits per heavy atom. The van der Waals surface area contributed by atoms with E-state index >= 15 is 0 Å². The van der Waals surface area contributed by atoms with Gasteiger partial charge in [-0.05, 0) is 31.9 Å². The summed E-state index contributed by atoms with van der Waals surface area (Å²) in [7, 11) is 0. The van der Waals surface area contributed by atoms with Gasteiger partial charge in [-0.1, -0.05) is 71.1 Å². The van der Waals surface area contributed by atoms with E-state index < -0.39 is 0 Å². The molecule has 0 heterocycles. The average molecular weight is 306 g/mol. The van der Waals surface area contributed by atoms with Crippen LogP contribution < -0.4 is 10.1 Å². The van der Waals surface area contributed by atoms with E-state index in [2.05, 4.69) is 57.3 Å². The van der Waals surface area contributed by atoms with Gasteiger partial charge in [0.1, 0.15) is 5.75 Å². The highest BCUT2D eigenvalue weighted by molar-refractivity contribution is 5.35. The molecule has 1 atom stereocenters. The van der Waals surface area contributed by atoms with E-state index in [0.29, 0.717) is 12.0 Å². The molecule has 1 unspecified atom stereocenters. The number of rotatable bonds is 12. The first-order chi connectivity index (χ1) is 10.6. The highest BCUT2D eigenvalue weighted by atomic mass is 16.5. The summed E-state index contributed by atoms with van der Waals surface area (Å²) >= 11 is 0. The van der Waals surface area contributed by atoms with Crippen LogP contribution in [0.5, 0.6) is 5.75 Å². The number of para-hydroxylation sites is 1. The summed E-state index contributed by atoms with van der Waals surface area (Å²) < 4.78 is 5.95. The van der Waals surface area contributed by atoms with Crippen molar-refractivity contribution in [3.8, 4) is 5.75 Å². The van der Waals surface area contributed by atoms with Crippen molar-refractivity contribution in [3.63, 3.8) is 0 Å². The zero-order valence-electron chi connectivity index (χ0n) is 15.0. The molecule has 0 radical (unpaired) electrons. The van der Waals surface area contributed by atoms with Crippen molar-refractivity contribution in [2.75, 3.05) is 13.2 Å². The standard InChI is InChI=1S/C20H35NO/c1-5-6-7-8-9-12-15-21-18(4)19-13-10-11-14-20(19)22-16-17(2)3/h10-11,13-14,17-18,21H,5-9,12,15-16H2,1-4H3. The molecule has 1 aromatic rings. The smallest absolute Gasteiger partial charge is 0.124 e. The quantitative estimate of drug-likeness (QED) is 0.498. The minimum atomic E-state index is 0.346. The van der Waals surface area contributed by atoms with Gasteiger partial charge in [-0.3, -0.25) is 0 Å². The Morgan fingerprint density at radius 2 is 1.64 bits per heavy atom. The minimum absolute atomic E-state index is 0.346. The van der Waals surface area contributed by atoms with Gasteiger partial charge in [-0.25, -0.2) is 0 Å². The molecule has 126 valence electrons. The van der Waals surface area contributed by atoms with Crippen molar-refractivity contribution in [2.45, 2.75) is 72.3 Å². The maximum absolute atomic E-state index is 5.95. The van der Waals surface area contributed by atoms with E-state index in [-0.39, 0.29) is 0 Å². The predicted molar refractivity (Wildman–Crippen MR) is 96.6 cm³/mol. The number of benzene rings is 1. The first-order valence-corrected chi connectivity index (χ1v) is 9.10. The number of hydrogen-bond donors (Lipinski definition) is 1. The summed E-state index contributed by atoms with van der Waals surface area (Å²) in [5, 5.41) is 3.64. The van der Waals surface area contributed by atoms with Gasteiger partial charge in [0.2, 0.25) is 0 Å². The molecular formula is C20H35NO. The van der Waals surface area contributed by atoms with Gasteiger partial charge in [0.25, 0.3) is 0 Å². The Morgan fingerprint density at radius 1 is 0.955 bits per heavy atom. The van der Waals surface area contributed by atoms with Crippen LogP contribution in [0.15, 0.2) is 24.3 Å². The van der Waals surface area contributed by atoms with Crippen molar-refractivity contribution in [3.05, 3.63) is 29.8 Å². The SMILES string of the molecule is CCCCCCCCNC(C)c1ccccc1OCC(C)C. The molecule has 1 N–H and O–H groups in total. The molecule has 0 bridgehead atoms. The van der Waals surface area contributed by atoms with Gasteiger partial charge in [-0.15, -0.1) is 0 Å². The van der Waals surface area contributed by atoms with Crippen LogP contribution in [-0.4, -0.2) is 13.2 Å². The molecule has 22 heavy (non-hydrogen) atoms. The lowest BCUT2D eigenvalue weighted by Crippen LogP contribution is -2.20. The summed E-state index contributed by atoms with van der Waals surface area (Å²) in [6.45, 7) is 10.7. The summed E-state index contributed by atoms with van der Waals surface area (Å²) in [6.07, 6.45) is 8.07. The second-order valence-corrected chi connectivity index (χ2v) is 6.69. The highest BCUT2D eigenvalue weighted by Crippen LogP contribution is 2.25. The van der Waals surface area contributed by atoms with Crippen LogP contribution in [0.3, 0.4) is 0 Å². The second-order valence-electron chi connectivity index (χ2n) is 6.69. The summed E-state index contributed by atoms with van der Waals surface area (Å²) in [5.41, 5.74) is 1.27. The van der Waals surface area contributed by atoms with Crippen molar-refractivity contribution in [1.29, 1.82) is 0 Å². The highest BCUT2D eigenvalue weighted by Gasteiger charge is 2.10. The van der Waals surface area contributed by atoms with Gasteiger partial charge in [0.15, 0.2) is 0 Å². The fourth-order valence-electron chi connectivity index (χ4n) is 2.56. The molecule has 0 saturated heterocycles. The van der Waals surface area contributed by atoms with Gasteiger partial charge in [0.05, 0.1) is 6.61 Å². The molecule has 2 nitrogen and oxygen atoms in total. The lowest BCUT2D eigenvalue weighted by Gasteiger charge is -2.19. The van der Waals surface area contributed by atoms with Gasteiger partial charge in [-0.2, -0.15) is 0 Å². The summed E-state index contributed by atoms with van der Waals surface area (Å²) in [6, 6.07) is 8.76. The van der Waals surface area contributed by atoms with E-state index in [1.54, 1.807) is 0 Å². The molecule has 1 rings (SSSR count). The van der Waals surface area contributed by atoms with Crippen molar-refractivity contribution in [2.24, 2.45) is 5.92 Å². The average Bonchev–Trinajstić information content (AvgIpc) is 2.52. The second kappa shape index (κ2) is 11.5. The Bertz CT molecular complexity index is 389. The first-order valence-electron chi connectivity index (χ1n) is 9.10. The van der Waals surface area contributed by atoms with Gasteiger partial charge < -0.3 is 10.1 Å². The molecule has 0 aromatic heterocycles. The zero-order valence-corrected chi connectivity index (χ0v) is 15.0. The molecule has 1 aromatic carbocycles. The molecule has 0 amide bonds. The molecule has 0 saturated carbocycles. The fraction of sp³-hybridized carbons (Fsp3) is 0.700. The van der Waals surface area contributed by atoms with Gasteiger partial charge >= 0.3 is 0 Å². The molecule has 0 fully saturated rings. The first kappa shape index (κ1) is 19.0. The Labute approximate surface area is 137 Å². The summed E-state index contributed by atoms with van der Waals surface area (Å²) in [5.74, 6) is 1.58. The van der Waals surface area contributed by atoms with Crippen LogP contribution in [0.1, 0.15) is 77.8 Å². The van der Waals surface area contributed by atoms with Crippen molar-refractivity contribution >= 4 is 0 Å². The van der Waals surface area contributed by atoms with E-state index in [0.717, 1.165) is 18.9 Å². The molecule has 0 aliphatic rings. The van der Waals surface area contributed by atoms with Crippen LogP contribution in [0.25, 0.3) is 0 Å². The summed E-state index contributed by atoms with van der Waals surface area (Å²) in [4.78, 5) is 0. The predicted octanol–water partition coefficient (Wildman–Crippen LogP) is 5.73. The van der Waals surface area contributed by atoms with E-state index in [1.165, 1.54) is 44.1 Å². The van der Waals surface area contributed by atoms with E-state index in [1.807, 2.05) is 0 Å². The monoisotopic (exact) mass is 305 g/mol. The van der Waals surface area contributed by atoms with Crippen LogP contribution >= 0.6 is 0 Å². The lowest BCUT2D eigenvalue weighted by atomic mass is 10.1. The van der Waals surface area contributed by atoms with Crippen molar-refractivity contribution < 1.29 is 4.74 Å². The number of unbranched alkanes of at least 4 members (excludes halogenated alkanes) is 5. The fourth-order valence-corrected chi connectivity index (χ4v) is 2.56. The van der Waals surface area contributed by atoms with E-state index in [4.69, 9.17) is 4.74 Å². The number of hydrogen-bond acceptors (Lipinski definition) is 2. The van der Waals surface area contributed by atoms with Gasteiger partial charge in [0, 0.05) is 11.6 Å². The zero-order chi connectivity index (χ0) is 16.2. The normalized spacial score (nSPS) is 12.6. The Hall–Kier alpha value is -1.02. The minimum Gasteiger partial charge on any atom is -0.493 e. The maximum Gasteiger partial charge on any atom is 0.124 e. The van der Waals surface area contributed by atoms with E-state index in [9.17, 15) is 0 Å². The maximum atomic E-state index is 5.95. The Balaban J connectivity index is 2.33. The van der Waals surface area contributed by atoms with Crippen LogP contribution in [-0.2, 0) is 0 Å². The van der Waals surface area contributed by atoms with Crippen molar-refractivity contribution in [1.82, 2.24) is 5.32 Å². The third-order valence-corrected chi connectivity index (χ3v) is 3.94. The number of nitrogens with one attached hydrogen (secondary N) is 1. The third kappa shape index (κ3) is 7.84. The molecule has 0 aliphatic heterocycles. The topological polar surface area (TPSA) is 21.3 Å². The lowest BCUT2D eigenvalue weighted by molar-refractivity contribution is 0.266. The van der Waals surface area contributed by atoms with Crippen LogP contribution in [0.4, 0.5) is 0 Å². The molecule has 2 heteroatoms. The van der Waals surface area contributed by atoms with Crippen LogP contribution in [0, 0.1) is 5.92 Å². The molecular weight excluding hydrogens is 270 g/mol.